The molecule has 1 saturated heterocycles. The molecule has 2 heterocycles. The average Bonchev–Trinajstić information content (AvgIpc) is 3.32. The van der Waals surface area contributed by atoms with Crippen LogP contribution >= 0.6 is 0 Å². The van der Waals surface area contributed by atoms with E-state index in [0.29, 0.717) is 25.2 Å². The van der Waals surface area contributed by atoms with Crippen molar-refractivity contribution in [1.82, 2.24) is 20.0 Å². The van der Waals surface area contributed by atoms with E-state index < -0.39 is 0 Å². The van der Waals surface area contributed by atoms with Crippen molar-refractivity contribution in [2.45, 2.75) is 33.2 Å². The molecule has 1 aliphatic heterocycles. The minimum atomic E-state index is -0.174. The standard InChI is InChI=1S/C25H28N4O2/c1-18-13-19(2)15-22(14-18)25(31)28-11-3-5-21(17-28)24(30)26-16-20-6-8-23(9-7-20)29-12-4-10-27-29/h4,6-10,12-15,21H,3,5,11,16-17H2,1-2H3,(H,26,30). The van der Waals surface area contributed by atoms with Crippen molar-refractivity contribution in [1.29, 1.82) is 0 Å². The maximum Gasteiger partial charge on any atom is 0.253 e. The fourth-order valence-electron chi connectivity index (χ4n) is 4.18. The number of piperidine rings is 1. The van der Waals surface area contributed by atoms with E-state index in [2.05, 4.69) is 16.5 Å². The third kappa shape index (κ3) is 5.02. The van der Waals surface area contributed by atoms with Gasteiger partial charge in [0.15, 0.2) is 0 Å². The van der Waals surface area contributed by atoms with Crippen LogP contribution in [0, 0.1) is 19.8 Å². The highest BCUT2D eigenvalue weighted by atomic mass is 16.2. The zero-order chi connectivity index (χ0) is 21.8. The van der Waals surface area contributed by atoms with E-state index in [1.807, 2.05) is 67.4 Å². The number of hydrogen-bond acceptors (Lipinski definition) is 3. The van der Waals surface area contributed by atoms with E-state index in [1.165, 1.54) is 0 Å². The molecule has 160 valence electrons. The van der Waals surface area contributed by atoms with Gasteiger partial charge in [-0.1, -0.05) is 29.3 Å². The molecular formula is C25H28N4O2. The summed E-state index contributed by atoms with van der Waals surface area (Å²) in [6.07, 6.45) is 5.28. The first-order chi connectivity index (χ1) is 15.0. The van der Waals surface area contributed by atoms with Crippen LogP contribution in [0.2, 0.25) is 0 Å². The van der Waals surface area contributed by atoms with Crippen molar-refractivity contribution in [2.24, 2.45) is 5.92 Å². The third-order valence-electron chi connectivity index (χ3n) is 5.72. The predicted molar refractivity (Wildman–Crippen MR) is 120 cm³/mol. The van der Waals surface area contributed by atoms with E-state index >= 15 is 0 Å². The van der Waals surface area contributed by atoms with Crippen LogP contribution in [0.1, 0.15) is 39.9 Å². The molecule has 6 nitrogen and oxygen atoms in total. The van der Waals surface area contributed by atoms with E-state index in [4.69, 9.17) is 0 Å². The first kappa shape index (κ1) is 20.8. The summed E-state index contributed by atoms with van der Waals surface area (Å²) >= 11 is 0. The summed E-state index contributed by atoms with van der Waals surface area (Å²) < 4.78 is 1.80. The molecule has 4 rings (SSSR count). The number of aryl methyl sites for hydroxylation is 2. The Morgan fingerprint density at radius 3 is 2.52 bits per heavy atom. The number of carbonyl (C=O) groups excluding carboxylic acids is 2. The van der Waals surface area contributed by atoms with Crippen LogP contribution in [0.4, 0.5) is 0 Å². The van der Waals surface area contributed by atoms with Gasteiger partial charge in [-0.05, 0) is 62.6 Å². The smallest absolute Gasteiger partial charge is 0.253 e. The number of amides is 2. The summed E-state index contributed by atoms with van der Waals surface area (Å²) in [6, 6.07) is 15.7. The van der Waals surface area contributed by atoms with E-state index in [0.717, 1.165) is 35.2 Å². The van der Waals surface area contributed by atoms with Crippen LogP contribution < -0.4 is 5.32 Å². The molecule has 6 heteroatoms. The molecule has 3 aromatic rings. The highest BCUT2D eigenvalue weighted by molar-refractivity contribution is 5.95. The maximum atomic E-state index is 13.0. The Labute approximate surface area is 182 Å². The average molecular weight is 417 g/mol. The monoisotopic (exact) mass is 416 g/mol. The minimum Gasteiger partial charge on any atom is -0.352 e. The fourth-order valence-corrected chi connectivity index (χ4v) is 4.18. The normalized spacial score (nSPS) is 16.2. The number of likely N-dealkylation sites (tertiary alicyclic amines) is 1. The SMILES string of the molecule is Cc1cc(C)cc(C(=O)N2CCCC(C(=O)NCc3ccc(-n4cccn4)cc3)C2)c1. The molecule has 2 aromatic carbocycles. The minimum absolute atomic E-state index is 0.00840. The highest BCUT2D eigenvalue weighted by Crippen LogP contribution is 2.20. The Bertz CT molecular complexity index is 1040. The molecule has 1 N–H and O–H groups in total. The molecule has 0 radical (unpaired) electrons. The second-order valence-corrected chi connectivity index (χ2v) is 8.30. The summed E-state index contributed by atoms with van der Waals surface area (Å²) in [5.74, 6) is -0.153. The Morgan fingerprint density at radius 2 is 1.84 bits per heavy atom. The van der Waals surface area contributed by atoms with Crippen LogP contribution in [-0.4, -0.2) is 39.6 Å². The maximum absolute atomic E-state index is 13.0. The van der Waals surface area contributed by atoms with Gasteiger partial charge in [0.1, 0.15) is 0 Å². The second kappa shape index (κ2) is 9.16. The van der Waals surface area contributed by atoms with Gasteiger partial charge >= 0.3 is 0 Å². The fraction of sp³-hybridized carbons (Fsp3) is 0.320. The van der Waals surface area contributed by atoms with Gasteiger partial charge in [-0.2, -0.15) is 5.10 Å². The molecule has 1 unspecified atom stereocenters. The van der Waals surface area contributed by atoms with Gasteiger partial charge in [0, 0.05) is 37.6 Å². The molecule has 0 bridgehead atoms. The predicted octanol–water partition coefficient (Wildman–Crippen LogP) is 3.66. The summed E-state index contributed by atoms with van der Waals surface area (Å²) in [4.78, 5) is 27.6. The third-order valence-corrected chi connectivity index (χ3v) is 5.72. The van der Waals surface area contributed by atoms with Gasteiger partial charge in [-0.25, -0.2) is 4.68 Å². The van der Waals surface area contributed by atoms with E-state index in [1.54, 1.807) is 10.9 Å². The van der Waals surface area contributed by atoms with Gasteiger partial charge < -0.3 is 10.2 Å². The van der Waals surface area contributed by atoms with Gasteiger partial charge in [-0.15, -0.1) is 0 Å². The van der Waals surface area contributed by atoms with Gasteiger partial charge in [-0.3, -0.25) is 9.59 Å². The van der Waals surface area contributed by atoms with Crippen molar-refractivity contribution < 1.29 is 9.59 Å². The van der Waals surface area contributed by atoms with Gasteiger partial charge in [0.2, 0.25) is 5.91 Å². The molecule has 1 aromatic heterocycles. The Balaban J connectivity index is 1.34. The van der Waals surface area contributed by atoms with Crippen molar-refractivity contribution in [3.63, 3.8) is 0 Å². The summed E-state index contributed by atoms with van der Waals surface area (Å²) in [6.45, 7) is 5.63. The van der Waals surface area contributed by atoms with Crippen LogP contribution in [0.25, 0.3) is 5.69 Å². The Hall–Kier alpha value is -3.41. The Kier molecular flexibility index (Phi) is 6.16. The quantitative estimate of drug-likeness (QED) is 0.690. The molecule has 1 aliphatic rings. The largest absolute Gasteiger partial charge is 0.352 e. The number of benzene rings is 2. The Morgan fingerprint density at radius 1 is 1.10 bits per heavy atom. The zero-order valence-electron chi connectivity index (χ0n) is 18.0. The van der Waals surface area contributed by atoms with Crippen molar-refractivity contribution in [3.8, 4) is 5.69 Å². The lowest BCUT2D eigenvalue weighted by Gasteiger charge is -2.32. The summed E-state index contributed by atoms with van der Waals surface area (Å²) in [7, 11) is 0. The van der Waals surface area contributed by atoms with Crippen LogP contribution in [0.5, 0.6) is 0 Å². The zero-order valence-corrected chi connectivity index (χ0v) is 18.0. The second-order valence-electron chi connectivity index (χ2n) is 8.30. The molecule has 0 spiro atoms. The molecule has 1 atom stereocenters. The molecule has 31 heavy (non-hydrogen) atoms. The summed E-state index contributed by atoms with van der Waals surface area (Å²) in [5, 5.41) is 7.26. The first-order valence-corrected chi connectivity index (χ1v) is 10.7. The molecular weight excluding hydrogens is 388 g/mol. The van der Waals surface area contributed by atoms with Crippen LogP contribution in [-0.2, 0) is 11.3 Å². The van der Waals surface area contributed by atoms with Crippen molar-refractivity contribution in [2.75, 3.05) is 13.1 Å². The number of nitrogens with zero attached hydrogens (tertiary/aromatic N) is 3. The molecule has 0 saturated carbocycles. The topological polar surface area (TPSA) is 67.2 Å². The number of rotatable bonds is 5. The number of carbonyl (C=O) groups is 2. The van der Waals surface area contributed by atoms with Crippen LogP contribution in [0.15, 0.2) is 60.9 Å². The number of hydrogen-bond donors (Lipinski definition) is 1. The van der Waals surface area contributed by atoms with E-state index in [-0.39, 0.29) is 17.7 Å². The molecule has 0 aliphatic carbocycles. The number of aromatic nitrogens is 2. The lowest BCUT2D eigenvalue weighted by atomic mass is 9.96. The molecule has 1 fully saturated rings. The van der Waals surface area contributed by atoms with Gasteiger partial charge in [0.25, 0.3) is 5.91 Å². The van der Waals surface area contributed by atoms with E-state index in [9.17, 15) is 9.59 Å². The van der Waals surface area contributed by atoms with Crippen molar-refractivity contribution in [3.05, 3.63) is 83.2 Å². The first-order valence-electron chi connectivity index (χ1n) is 10.7. The highest BCUT2D eigenvalue weighted by Gasteiger charge is 2.29. The van der Waals surface area contributed by atoms with Gasteiger partial charge in [0.05, 0.1) is 11.6 Å². The molecule has 2 amide bonds. The van der Waals surface area contributed by atoms with Crippen molar-refractivity contribution >= 4 is 11.8 Å². The summed E-state index contributed by atoms with van der Waals surface area (Å²) in [5.41, 5.74) is 4.87. The lowest BCUT2D eigenvalue weighted by molar-refractivity contribution is -0.126. The lowest BCUT2D eigenvalue weighted by Crippen LogP contribution is -2.45. The number of nitrogens with one attached hydrogen (secondary N) is 1. The van der Waals surface area contributed by atoms with Crippen LogP contribution in [0.3, 0.4) is 0 Å².